The number of nitrogens with zero attached hydrogens (tertiary/aromatic N) is 2. The van der Waals surface area contributed by atoms with Gasteiger partial charge in [-0.05, 0) is 35.7 Å². The summed E-state index contributed by atoms with van der Waals surface area (Å²) in [5, 5.41) is 12.0. The normalized spacial score (nSPS) is 20.7. The van der Waals surface area contributed by atoms with Crippen LogP contribution in [-0.4, -0.2) is 31.9 Å². The maximum absolute atomic E-state index is 12.5. The summed E-state index contributed by atoms with van der Waals surface area (Å²) >= 11 is 0. The van der Waals surface area contributed by atoms with E-state index in [9.17, 15) is 14.7 Å². The lowest BCUT2D eigenvalue weighted by molar-refractivity contribution is -0.140. The van der Waals surface area contributed by atoms with E-state index in [1.807, 2.05) is 18.2 Å². The number of carboxylic acids is 1. The minimum atomic E-state index is -0.931. The zero-order chi connectivity index (χ0) is 18.5. The van der Waals surface area contributed by atoms with Crippen LogP contribution in [0.25, 0.3) is 22.6 Å². The topological polar surface area (TPSA) is 108 Å². The van der Waals surface area contributed by atoms with Crippen molar-refractivity contribution in [3.63, 3.8) is 0 Å². The van der Waals surface area contributed by atoms with Gasteiger partial charge >= 0.3 is 5.97 Å². The standard InChI is InChI=1S/C19H18N4O3/c1-19(2)14(15(19)18(25)26)17(24)21-10-6-7-11-13(9-10)23-16(22-11)12-5-3-4-8-20-12/h3-9,14-15H,1-2H3,(H,21,24)(H,22,23)(H,25,26)/t14-,15+/m1/s1. The number of H-pyrrole nitrogens is 1. The molecule has 132 valence electrons. The first-order valence-electron chi connectivity index (χ1n) is 8.33. The van der Waals surface area contributed by atoms with Gasteiger partial charge < -0.3 is 15.4 Å². The van der Waals surface area contributed by atoms with Crippen LogP contribution >= 0.6 is 0 Å². The van der Waals surface area contributed by atoms with E-state index in [1.165, 1.54) is 0 Å². The van der Waals surface area contributed by atoms with Crippen molar-refractivity contribution in [3.8, 4) is 11.5 Å². The molecule has 1 aliphatic carbocycles. The molecular weight excluding hydrogens is 332 g/mol. The number of hydrogen-bond donors (Lipinski definition) is 3. The Kier molecular flexibility index (Phi) is 3.54. The highest BCUT2D eigenvalue weighted by Crippen LogP contribution is 2.58. The Morgan fingerprint density at radius 1 is 1.19 bits per heavy atom. The Labute approximate surface area is 149 Å². The number of aromatic amines is 1. The van der Waals surface area contributed by atoms with Crippen molar-refractivity contribution >= 4 is 28.6 Å². The lowest BCUT2D eigenvalue weighted by Crippen LogP contribution is -2.17. The van der Waals surface area contributed by atoms with E-state index < -0.39 is 23.2 Å². The number of anilines is 1. The largest absolute Gasteiger partial charge is 0.481 e. The number of aromatic nitrogens is 3. The highest BCUT2D eigenvalue weighted by atomic mass is 16.4. The lowest BCUT2D eigenvalue weighted by Gasteiger charge is -2.06. The molecule has 2 heterocycles. The molecule has 1 amide bonds. The van der Waals surface area contributed by atoms with Crippen molar-refractivity contribution in [1.29, 1.82) is 0 Å². The fourth-order valence-electron chi connectivity index (χ4n) is 3.52. The van der Waals surface area contributed by atoms with E-state index in [2.05, 4.69) is 20.3 Å². The molecule has 1 aromatic carbocycles. The number of benzene rings is 1. The predicted molar refractivity (Wildman–Crippen MR) is 96.4 cm³/mol. The first kappa shape index (κ1) is 16.3. The molecule has 4 rings (SSSR count). The van der Waals surface area contributed by atoms with E-state index in [-0.39, 0.29) is 5.91 Å². The van der Waals surface area contributed by atoms with Crippen LogP contribution in [0.2, 0.25) is 0 Å². The molecular formula is C19H18N4O3. The Hall–Kier alpha value is -3.22. The summed E-state index contributed by atoms with van der Waals surface area (Å²) in [4.78, 5) is 35.7. The summed E-state index contributed by atoms with van der Waals surface area (Å²) < 4.78 is 0. The maximum atomic E-state index is 12.5. The molecule has 0 saturated heterocycles. The third kappa shape index (κ3) is 2.61. The average molecular weight is 350 g/mol. The molecule has 0 radical (unpaired) electrons. The molecule has 0 unspecified atom stereocenters. The number of carbonyl (C=O) groups excluding carboxylic acids is 1. The molecule has 7 nitrogen and oxygen atoms in total. The molecule has 0 bridgehead atoms. The van der Waals surface area contributed by atoms with Crippen LogP contribution in [-0.2, 0) is 9.59 Å². The summed E-state index contributed by atoms with van der Waals surface area (Å²) in [5.74, 6) is -1.72. The smallest absolute Gasteiger partial charge is 0.307 e. The quantitative estimate of drug-likeness (QED) is 0.670. The number of fused-ring (bicyclic) bond motifs is 1. The fraction of sp³-hybridized carbons (Fsp3) is 0.263. The zero-order valence-electron chi connectivity index (χ0n) is 14.4. The van der Waals surface area contributed by atoms with Gasteiger partial charge in [0, 0.05) is 11.9 Å². The van der Waals surface area contributed by atoms with Gasteiger partial charge in [0.1, 0.15) is 5.69 Å². The van der Waals surface area contributed by atoms with Gasteiger partial charge in [0.05, 0.1) is 22.9 Å². The molecule has 7 heteroatoms. The average Bonchev–Trinajstić information content (AvgIpc) is 2.98. The fourth-order valence-corrected chi connectivity index (χ4v) is 3.52. The van der Waals surface area contributed by atoms with Gasteiger partial charge in [-0.2, -0.15) is 0 Å². The highest BCUT2D eigenvalue weighted by molar-refractivity contribution is 6.00. The van der Waals surface area contributed by atoms with Crippen molar-refractivity contribution < 1.29 is 14.7 Å². The highest BCUT2D eigenvalue weighted by Gasteiger charge is 2.65. The van der Waals surface area contributed by atoms with E-state index in [0.717, 1.165) is 16.7 Å². The number of pyridine rings is 1. The Morgan fingerprint density at radius 3 is 2.65 bits per heavy atom. The van der Waals surface area contributed by atoms with Crippen molar-refractivity contribution in [2.45, 2.75) is 13.8 Å². The Balaban J connectivity index is 1.57. The summed E-state index contributed by atoms with van der Waals surface area (Å²) in [7, 11) is 0. The summed E-state index contributed by atoms with van der Waals surface area (Å²) in [5.41, 5.74) is 2.34. The zero-order valence-corrected chi connectivity index (χ0v) is 14.4. The molecule has 1 fully saturated rings. The third-order valence-corrected chi connectivity index (χ3v) is 5.03. The number of aliphatic carboxylic acids is 1. The second kappa shape index (κ2) is 5.66. The number of hydrogen-bond acceptors (Lipinski definition) is 4. The van der Waals surface area contributed by atoms with Crippen LogP contribution in [0.4, 0.5) is 5.69 Å². The number of carbonyl (C=O) groups is 2. The molecule has 2 atom stereocenters. The van der Waals surface area contributed by atoms with Crippen LogP contribution in [0, 0.1) is 17.3 Å². The summed E-state index contributed by atoms with van der Waals surface area (Å²) in [6.45, 7) is 3.60. The van der Waals surface area contributed by atoms with Gasteiger partial charge in [-0.25, -0.2) is 4.98 Å². The number of amides is 1. The SMILES string of the molecule is CC1(C)[C@H](C(=O)O)[C@@H]1C(=O)Nc1ccc2nc(-c3ccccn3)[nH]c2c1. The van der Waals surface area contributed by atoms with Gasteiger partial charge in [-0.15, -0.1) is 0 Å². The monoisotopic (exact) mass is 350 g/mol. The van der Waals surface area contributed by atoms with Gasteiger partial charge in [0.15, 0.2) is 5.82 Å². The van der Waals surface area contributed by atoms with Gasteiger partial charge in [-0.3, -0.25) is 14.6 Å². The lowest BCUT2D eigenvalue weighted by atomic mass is 10.1. The molecule has 1 aliphatic rings. The molecule has 1 saturated carbocycles. The third-order valence-electron chi connectivity index (χ3n) is 5.03. The van der Waals surface area contributed by atoms with Crippen LogP contribution < -0.4 is 5.32 Å². The number of rotatable bonds is 4. The van der Waals surface area contributed by atoms with Crippen LogP contribution in [0.3, 0.4) is 0 Å². The van der Waals surface area contributed by atoms with E-state index in [1.54, 1.807) is 38.2 Å². The molecule has 26 heavy (non-hydrogen) atoms. The molecule has 3 aromatic rings. The van der Waals surface area contributed by atoms with E-state index in [4.69, 9.17) is 0 Å². The van der Waals surface area contributed by atoms with Gasteiger partial charge in [0.2, 0.25) is 5.91 Å². The molecule has 3 N–H and O–H groups in total. The summed E-state index contributed by atoms with van der Waals surface area (Å²) in [6.07, 6.45) is 1.70. The molecule has 2 aromatic heterocycles. The van der Waals surface area contributed by atoms with Gasteiger partial charge in [0.25, 0.3) is 0 Å². The predicted octanol–water partition coefficient (Wildman–Crippen LogP) is 2.92. The molecule has 0 aliphatic heterocycles. The van der Waals surface area contributed by atoms with Crippen LogP contribution in [0.5, 0.6) is 0 Å². The van der Waals surface area contributed by atoms with Gasteiger partial charge in [-0.1, -0.05) is 19.9 Å². The Morgan fingerprint density at radius 2 is 2.00 bits per heavy atom. The summed E-state index contributed by atoms with van der Waals surface area (Å²) in [6, 6.07) is 10.9. The van der Waals surface area contributed by atoms with E-state index in [0.29, 0.717) is 11.5 Å². The Bertz CT molecular complexity index is 1010. The van der Waals surface area contributed by atoms with Crippen molar-refractivity contribution in [3.05, 3.63) is 42.6 Å². The second-order valence-corrected chi connectivity index (χ2v) is 7.14. The van der Waals surface area contributed by atoms with Crippen LogP contribution in [0.1, 0.15) is 13.8 Å². The van der Waals surface area contributed by atoms with Crippen molar-refractivity contribution in [2.24, 2.45) is 17.3 Å². The van der Waals surface area contributed by atoms with Crippen molar-refractivity contribution in [1.82, 2.24) is 15.0 Å². The number of carboxylic acid groups (broad SMARTS) is 1. The first-order chi connectivity index (χ1) is 12.4. The minimum absolute atomic E-state index is 0.272. The minimum Gasteiger partial charge on any atom is -0.481 e. The van der Waals surface area contributed by atoms with Crippen LogP contribution in [0.15, 0.2) is 42.6 Å². The second-order valence-electron chi connectivity index (χ2n) is 7.14. The van der Waals surface area contributed by atoms with Crippen molar-refractivity contribution in [2.75, 3.05) is 5.32 Å². The maximum Gasteiger partial charge on any atom is 0.307 e. The first-order valence-corrected chi connectivity index (χ1v) is 8.33. The molecule has 0 spiro atoms. The number of imidazole rings is 1. The number of nitrogens with one attached hydrogen (secondary N) is 2. The van der Waals surface area contributed by atoms with E-state index >= 15 is 0 Å².